The average Bonchev–Trinajstić information content (AvgIpc) is 2.81. The number of hydrogen-bond acceptors (Lipinski definition) is 5. The number of fused-ring (bicyclic) bond motifs is 1. The van der Waals surface area contributed by atoms with Crippen molar-refractivity contribution in [1.29, 1.82) is 0 Å². The Morgan fingerprint density at radius 3 is 2.90 bits per heavy atom. The first-order valence-electron chi connectivity index (χ1n) is 6.68. The molecule has 1 atom stereocenters. The molecule has 0 aromatic heterocycles. The fourth-order valence-electron chi connectivity index (χ4n) is 1.88. The highest BCUT2D eigenvalue weighted by Crippen LogP contribution is 2.31. The van der Waals surface area contributed by atoms with Crippen LogP contribution in [0.4, 0.5) is 11.4 Å². The molecule has 6 heteroatoms. The predicted octanol–water partition coefficient (Wildman–Crippen LogP) is 2.00. The highest BCUT2D eigenvalue weighted by atomic mass is 17.0. The SMILES string of the molecule is CC#CC(C)(C)NC(=O)C(C)ON1ONc2ccccc21. The second-order valence-electron chi connectivity index (χ2n) is 5.20. The van der Waals surface area contributed by atoms with E-state index in [0.29, 0.717) is 5.69 Å². The minimum absolute atomic E-state index is 0.268. The molecule has 1 aliphatic rings. The van der Waals surface area contributed by atoms with Crippen LogP contribution in [0.15, 0.2) is 24.3 Å². The van der Waals surface area contributed by atoms with Crippen molar-refractivity contribution in [3.05, 3.63) is 24.3 Å². The Kier molecular flexibility index (Phi) is 4.36. The van der Waals surface area contributed by atoms with Gasteiger partial charge in [-0.2, -0.15) is 0 Å². The van der Waals surface area contributed by atoms with Gasteiger partial charge in [0.15, 0.2) is 6.10 Å². The molecule has 1 aromatic rings. The van der Waals surface area contributed by atoms with Crippen molar-refractivity contribution in [2.24, 2.45) is 0 Å². The lowest BCUT2D eigenvalue weighted by Gasteiger charge is -2.24. The second-order valence-corrected chi connectivity index (χ2v) is 5.20. The molecule has 1 aromatic carbocycles. The van der Waals surface area contributed by atoms with E-state index in [9.17, 15) is 4.79 Å². The van der Waals surface area contributed by atoms with Crippen molar-refractivity contribution >= 4 is 17.3 Å². The summed E-state index contributed by atoms with van der Waals surface area (Å²) >= 11 is 0. The Bertz CT molecular complexity index is 589. The molecule has 0 spiro atoms. The monoisotopic (exact) mass is 289 g/mol. The van der Waals surface area contributed by atoms with Gasteiger partial charge in [-0.25, -0.2) is 10.3 Å². The average molecular weight is 289 g/mol. The number of nitrogens with one attached hydrogen (secondary N) is 2. The molecule has 6 nitrogen and oxygen atoms in total. The van der Waals surface area contributed by atoms with Crippen LogP contribution in [-0.4, -0.2) is 17.6 Å². The number of amides is 1. The van der Waals surface area contributed by atoms with E-state index in [1.807, 2.05) is 38.1 Å². The van der Waals surface area contributed by atoms with Crippen LogP contribution in [-0.2, 0) is 14.6 Å². The van der Waals surface area contributed by atoms with Gasteiger partial charge in [-0.1, -0.05) is 23.3 Å². The molecule has 112 valence electrons. The fourth-order valence-corrected chi connectivity index (χ4v) is 1.88. The van der Waals surface area contributed by atoms with Crippen molar-refractivity contribution in [3.8, 4) is 11.8 Å². The summed E-state index contributed by atoms with van der Waals surface area (Å²) in [6.07, 6.45) is -0.726. The first-order valence-corrected chi connectivity index (χ1v) is 6.68. The van der Waals surface area contributed by atoms with Gasteiger partial charge in [0.25, 0.3) is 5.91 Å². The first-order chi connectivity index (χ1) is 9.93. The minimum atomic E-state index is -0.726. The minimum Gasteiger partial charge on any atom is -0.338 e. The van der Waals surface area contributed by atoms with Gasteiger partial charge >= 0.3 is 0 Å². The quantitative estimate of drug-likeness (QED) is 0.830. The molecule has 21 heavy (non-hydrogen) atoms. The van der Waals surface area contributed by atoms with Crippen LogP contribution in [0.25, 0.3) is 0 Å². The van der Waals surface area contributed by atoms with Crippen LogP contribution in [0.5, 0.6) is 0 Å². The summed E-state index contributed by atoms with van der Waals surface area (Å²) in [5, 5.41) is 4.01. The summed E-state index contributed by atoms with van der Waals surface area (Å²) < 4.78 is 0. The third-order valence-corrected chi connectivity index (χ3v) is 2.84. The number of hydrogen-bond donors (Lipinski definition) is 2. The van der Waals surface area contributed by atoms with Crippen molar-refractivity contribution in [3.63, 3.8) is 0 Å². The number of carbonyl (C=O) groups is 1. The smallest absolute Gasteiger partial charge is 0.252 e. The normalized spacial score (nSPS) is 14.6. The molecule has 0 saturated carbocycles. The van der Waals surface area contributed by atoms with E-state index in [4.69, 9.17) is 9.78 Å². The zero-order valence-electron chi connectivity index (χ0n) is 12.6. The van der Waals surface area contributed by atoms with Crippen molar-refractivity contribution < 1.29 is 14.6 Å². The summed E-state index contributed by atoms with van der Waals surface area (Å²) in [7, 11) is 0. The van der Waals surface area contributed by atoms with Crippen LogP contribution in [0, 0.1) is 11.8 Å². The standard InChI is InChI=1S/C15H19N3O3/c1-5-10-15(3,4)16-14(19)11(2)20-18-13-9-7-6-8-12(13)17-21-18/h6-9,11,17H,1-4H3,(H,16,19). The predicted molar refractivity (Wildman–Crippen MR) is 79.8 cm³/mol. The van der Waals surface area contributed by atoms with Gasteiger partial charge in [-0.15, -0.1) is 10.9 Å². The fraction of sp³-hybridized carbons (Fsp3) is 0.400. The lowest BCUT2D eigenvalue weighted by Crippen LogP contribution is -2.48. The maximum atomic E-state index is 12.1. The number of benzene rings is 1. The Hall–Kier alpha value is -2.23. The zero-order valence-corrected chi connectivity index (χ0v) is 12.6. The van der Waals surface area contributed by atoms with Crippen molar-refractivity contribution in [1.82, 2.24) is 5.32 Å². The molecule has 1 heterocycles. The number of rotatable bonds is 4. The third-order valence-electron chi connectivity index (χ3n) is 2.84. The van der Waals surface area contributed by atoms with Crippen molar-refractivity contribution in [2.45, 2.75) is 39.3 Å². The molecule has 2 N–H and O–H groups in total. The highest BCUT2D eigenvalue weighted by Gasteiger charge is 2.28. The summed E-state index contributed by atoms with van der Waals surface area (Å²) in [6.45, 7) is 7.04. The van der Waals surface area contributed by atoms with Crippen LogP contribution in [0.2, 0.25) is 0 Å². The van der Waals surface area contributed by atoms with Gasteiger partial charge in [0, 0.05) is 0 Å². The molecule has 1 aliphatic heterocycles. The van der Waals surface area contributed by atoms with Crippen molar-refractivity contribution in [2.75, 3.05) is 10.7 Å². The number of para-hydroxylation sites is 2. The lowest BCUT2D eigenvalue weighted by atomic mass is 10.1. The number of carbonyl (C=O) groups excluding carboxylic acids is 1. The summed E-state index contributed by atoms with van der Waals surface area (Å²) in [6, 6.07) is 7.41. The molecular weight excluding hydrogens is 270 g/mol. The molecular formula is C15H19N3O3. The lowest BCUT2D eigenvalue weighted by molar-refractivity contribution is -0.146. The second kappa shape index (κ2) is 6.04. The first kappa shape index (κ1) is 15.2. The maximum Gasteiger partial charge on any atom is 0.252 e. The van der Waals surface area contributed by atoms with Gasteiger partial charge in [0.05, 0.1) is 11.2 Å². The van der Waals surface area contributed by atoms with E-state index in [0.717, 1.165) is 5.69 Å². The van der Waals surface area contributed by atoms with E-state index in [1.165, 1.54) is 5.23 Å². The van der Waals surface area contributed by atoms with Crippen LogP contribution < -0.4 is 16.0 Å². The Labute approximate surface area is 124 Å². The van der Waals surface area contributed by atoms with Gasteiger partial charge in [0.2, 0.25) is 0 Å². The Balaban J connectivity index is 1.97. The third kappa shape index (κ3) is 3.66. The van der Waals surface area contributed by atoms with Crippen LogP contribution in [0.1, 0.15) is 27.7 Å². The van der Waals surface area contributed by atoms with E-state index in [1.54, 1.807) is 13.8 Å². The van der Waals surface area contributed by atoms with Gasteiger partial charge in [0.1, 0.15) is 5.69 Å². The van der Waals surface area contributed by atoms with E-state index in [-0.39, 0.29) is 5.91 Å². The zero-order chi connectivity index (χ0) is 15.5. The van der Waals surface area contributed by atoms with Gasteiger partial charge in [-0.05, 0) is 39.8 Å². The highest BCUT2D eigenvalue weighted by molar-refractivity contribution is 5.81. The number of anilines is 2. The molecule has 2 rings (SSSR count). The topological polar surface area (TPSA) is 62.8 Å². The van der Waals surface area contributed by atoms with E-state index in [2.05, 4.69) is 22.6 Å². The van der Waals surface area contributed by atoms with Crippen LogP contribution in [0.3, 0.4) is 0 Å². The van der Waals surface area contributed by atoms with E-state index < -0.39 is 11.6 Å². The van der Waals surface area contributed by atoms with Gasteiger partial charge in [-0.3, -0.25) is 4.79 Å². The summed E-state index contributed by atoms with van der Waals surface area (Å²) in [5.41, 5.74) is 3.60. The largest absolute Gasteiger partial charge is 0.338 e. The molecule has 0 saturated heterocycles. The summed E-state index contributed by atoms with van der Waals surface area (Å²) in [4.78, 5) is 22.8. The Morgan fingerprint density at radius 2 is 2.19 bits per heavy atom. The molecule has 0 fully saturated rings. The Morgan fingerprint density at radius 1 is 1.48 bits per heavy atom. The number of nitrogens with zero attached hydrogens (tertiary/aromatic N) is 1. The van der Waals surface area contributed by atoms with E-state index >= 15 is 0 Å². The van der Waals surface area contributed by atoms with Gasteiger partial charge < -0.3 is 5.32 Å². The molecule has 0 radical (unpaired) electrons. The molecule has 1 amide bonds. The maximum absolute atomic E-state index is 12.1. The molecule has 1 unspecified atom stereocenters. The molecule has 0 aliphatic carbocycles. The molecule has 0 bridgehead atoms. The summed E-state index contributed by atoms with van der Waals surface area (Å²) in [5.74, 6) is 5.44. The van der Waals surface area contributed by atoms with Crippen LogP contribution >= 0.6 is 0 Å².